The minimum atomic E-state index is -0.646. The molecule has 0 saturated carbocycles. The number of benzene rings is 4. The molecule has 0 aliphatic carbocycles. The summed E-state index contributed by atoms with van der Waals surface area (Å²) >= 11 is 0.743. The van der Waals surface area contributed by atoms with Gasteiger partial charge in [0.1, 0.15) is 17.3 Å². The van der Waals surface area contributed by atoms with Gasteiger partial charge < -0.3 is 45.7 Å². The minimum Gasteiger partial charge on any atom is -0.383 e. The van der Waals surface area contributed by atoms with E-state index in [2.05, 4.69) is 56.9 Å². The number of amides is 4. The van der Waals surface area contributed by atoms with E-state index in [1.165, 1.54) is 32.0 Å². The summed E-state index contributed by atoms with van der Waals surface area (Å²) in [6, 6.07) is 19.6. The summed E-state index contributed by atoms with van der Waals surface area (Å²) in [5, 5.41) is 37.0. The lowest BCUT2D eigenvalue weighted by Crippen LogP contribution is -2.49. The summed E-state index contributed by atoms with van der Waals surface area (Å²) in [4.78, 5) is 70.8. The average molecular weight is 1050 g/mol. The highest BCUT2D eigenvalue weighted by molar-refractivity contribution is 7.19. The highest BCUT2D eigenvalue weighted by Crippen LogP contribution is 2.32. The van der Waals surface area contributed by atoms with Crippen LogP contribution in [0.1, 0.15) is 57.3 Å². The Labute approximate surface area is 434 Å². The second-order valence-corrected chi connectivity index (χ2v) is 18.9. The molecule has 2 aliphatic heterocycles. The van der Waals surface area contributed by atoms with Gasteiger partial charge in [-0.2, -0.15) is 5.10 Å². The molecule has 7 N–H and O–H groups in total. The van der Waals surface area contributed by atoms with E-state index in [0.717, 1.165) is 41.5 Å². The molecule has 21 nitrogen and oxygen atoms in total. The van der Waals surface area contributed by atoms with Crippen molar-refractivity contribution in [2.45, 2.75) is 39.2 Å². The van der Waals surface area contributed by atoms with E-state index >= 15 is 0 Å². The average Bonchev–Trinajstić information content (AvgIpc) is 3.96. The van der Waals surface area contributed by atoms with Crippen LogP contribution in [-0.4, -0.2) is 140 Å². The molecule has 4 amide bonds. The fraction of sp³-hybridized carbons (Fsp3) is 0.373. The Morgan fingerprint density at radius 2 is 1.53 bits per heavy atom. The summed E-state index contributed by atoms with van der Waals surface area (Å²) < 4.78 is 44.7. The van der Waals surface area contributed by atoms with E-state index in [-0.39, 0.29) is 63.8 Å². The Bertz CT molecular complexity index is 2990. The SMILES string of the molecule is CC(=O)Nc1cc(NCCOCCOCCNC(=O)CN2CCN(c3ccc(C(=O)Nc4n[nH]c5ccc(Cc6cc(F)cc(F)c6)cc45)c(NC4CCOCC4)c3)CC2)ccc1C(=O)Nc1nc(C)c([N+](=O)[O-])s1. The van der Waals surface area contributed by atoms with Gasteiger partial charge in [0.2, 0.25) is 11.8 Å². The maximum atomic E-state index is 14.0. The molecule has 2 aromatic heterocycles. The first kappa shape index (κ1) is 53.6. The second-order valence-electron chi connectivity index (χ2n) is 17.9. The van der Waals surface area contributed by atoms with E-state index < -0.39 is 22.5 Å². The molecule has 24 heteroatoms. The maximum absolute atomic E-state index is 14.0. The Morgan fingerprint density at radius 3 is 2.25 bits per heavy atom. The van der Waals surface area contributed by atoms with Gasteiger partial charge in [-0.15, -0.1) is 0 Å². The number of aromatic nitrogens is 3. The van der Waals surface area contributed by atoms with Gasteiger partial charge in [-0.1, -0.05) is 6.07 Å². The first-order chi connectivity index (χ1) is 36.2. The van der Waals surface area contributed by atoms with Gasteiger partial charge in [-0.25, -0.2) is 13.8 Å². The van der Waals surface area contributed by atoms with Gasteiger partial charge in [0.15, 0.2) is 10.9 Å². The molecule has 2 saturated heterocycles. The lowest BCUT2D eigenvalue weighted by Gasteiger charge is -2.36. The normalized spacial score (nSPS) is 14.1. The fourth-order valence-corrected chi connectivity index (χ4v) is 9.47. The van der Waals surface area contributed by atoms with Crippen molar-refractivity contribution >= 4 is 84.6 Å². The number of piperazine rings is 1. The molecule has 8 rings (SSSR count). The molecular weight excluding hydrogens is 995 g/mol. The van der Waals surface area contributed by atoms with Crippen LogP contribution in [0, 0.1) is 28.7 Å². The Hall–Kier alpha value is -7.64. The summed E-state index contributed by atoms with van der Waals surface area (Å²) in [7, 11) is 0. The lowest BCUT2D eigenvalue weighted by molar-refractivity contribution is -0.380. The molecule has 4 heterocycles. The van der Waals surface area contributed by atoms with Crippen molar-refractivity contribution in [1.29, 1.82) is 0 Å². The molecule has 0 bridgehead atoms. The molecule has 396 valence electrons. The molecule has 75 heavy (non-hydrogen) atoms. The van der Waals surface area contributed by atoms with Gasteiger partial charge in [0, 0.05) is 94.0 Å². The van der Waals surface area contributed by atoms with Crippen LogP contribution in [0.3, 0.4) is 0 Å². The number of fused-ring (bicyclic) bond motifs is 1. The zero-order chi connectivity index (χ0) is 52.8. The summed E-state index contributed by atoms with van der Waals surface area (Å²) in [6.45, 7) is 8.99. The van der Waals surface area contributed by atoms with Gasteiger partial charge in [0.25, 0.3) is 11.8 Å². The monoisotopic (exact) mass is 1050 g/mol. The number of nitro groups is 1. The number of nitrogens with zero attached hydrogens (tertiary/aromatic N) is 5. The number of thiazole rings is 1. The third kappa shape index (κ3) is 15.0. The summed E-state index contributed by atoms with van der Waals surface area (Å²) in [5.41, 5.74) is 5.25. The molecule has 0 atom stereocenters. The highest BCUT2D eigenvalue weighted by atomic mass is 32.1. The number of nitrogens with one attached hydrogen (secondary N) is 7. The topological polar surface area (TPSA) is 259 Å². The molecule has 6 aromatic rings. The van der Waals surface area contributed by atoms with E-state index in [0.29, 0.717) is 118 Å². The Balaban J connectivity index is 0.740. The number of anilines is 6. The molecule has 0 spiro atoms. The van der Waals surface area contributed by atoms with Gasteiger partial charge in [-0.3, -0.25) is 44.6 Å². The molecular formula is C51H58F2N12O9S. The van der Waals surface area contributed by atoms with Crippen molar-refractivity contribution in [2.24, 2.45) is 0 Å². The van der Waals surface area contributed by atoms with Crippen LogP contribution < -0.4 is 36.8 Å². The van der Waals surface area contributed by atoms with Crippen LogP contribution in [0.15, 0.2) is 72.8 Å². The smallest absolute Gasteiger partial charge is 0.348 e. The number of H-pyrrole nitrogens is 1. The van der Waals surface area contributed by atoms with Crippen molar-refractivity contribution in [1.82, 2.24) is 25.4 Å². The van der Waals surface area contributed by atoms with Gasteiger partial charge in [0.05, 0.1) is 60.2 Å². The quantitative estimate of drug-likeness (QED) is 0.0204. The molecule has 0 unspecified atom stereocenters. The van der Waals surface area contributed by atoms with Gasteiger partial charge in [-0.05, 0) is 109 Å². The van der Waals surface area contributed by atoms with Crippen LogP contribution >= 0.6 is 11.3 Å². The van der Waals surface area contributed by atoms with E-state index in [9.17, 15) is 38.1 Å². The van der Waals surface area contributed by atoms with E-state index in [1.807, 2.05) is 36.4 Å². The predicted octanol–water partition coefficient (Wildman–Crippen LogP) is 6.54. The van der Waals surface area contributed by atoms with Crippen LogP contribution in [0.25, 0.3) is 10.9 Å². The number of carbonyl (C=O) groups is 4. The van der Waals surface area contributed by atoms with Crippen molar-refractivity contribution in [3.8, 4) is 0 Å². The Kier molecular flexibility index (Phi) is 18.3. The standard InChI is InChI=1S/C51H58F2N12O9S/c1-31-50(65(70)71)75-51(56-31)60-49(69)40-6-4-38(28-44(40)57-32(2)66)54-11-19-73-21-22-74-20-12-55-46(67)30-63-13-15-64(16-14-63)39-5-7-41(45(29-39)58-37-9-17-72-18-10-37)48(68)59-47-42-26-33(3-8-43(42)61-62-47)23-34-24-35(52)27-36(53)25-34/h3-8,24-29,37,54,58H,9-23,30H2,1-2H3,(H,55,67)(H,57,66)(H,56,60,69)(H2,59,61,62,68). The zero-order valence-electron chi connectivity index (χ0n) is 41.4. The van der Waals surface area contributed by atoms with E-state index in [1.54, 1.807) is 12.1 Å². The number of carbonyl (C=O) groups excluding carboxylic acids is 4. The lowest BCUT2D eigenvalue weighted by atomic mass is 10.0. The zero-order valence-corrected chi connectivity index (χ0v) is 42.2. The van der Waals surface area contributed by atoms with Crippen LogP contribution in [0.2, 0.25) is 0 Å². The number of rotatable bonds is 23. The number of ether oxygens (including phenoxy) is 3. The molecule has 2 fully saturated rings. The number of hydrogen-bond acceptors (Lipinski definition) is 16. The summed E-state index contributed by atoms with van der Waals surface area (Å²) in [5.74, 6) is -2.39. The Morgan fingerprint density at radius 1 is 0.827 bits per heavy atom. The van der Waals surface area contributed by atoms with Crippen molar-refractivity contribution in [2.75, 3.05) is 117 Å². The molecule has 0 radical (unpaired) electrons. The minimum absolute atomic E-state index is 0.0674. The van der Waals surface area contributed by atoms with Crippen molar-refractivity contribution < 1.29 is 47.1 Å². The first-order valence-electron chi connectivity index (χ1n) is 24.4. The van der Waals surface area contributed by atoms with Crippen molar-refractivity contribution in [3.05, 3.63) is 122 Å². The van der Waals surface area contributed by atoms with Crippen LogP contribution in [-0.2, 0) is 30.2 Å². The molecule has 4 aromatic carbocycles. The van der Waals surface area contributed by atoms with Crippen LogP contribution in [0.5, 0.6) is 0 Å². The largest absolute Gasteiger partial charge is 0.383 e. The van der Waals surface area contributed by atoms with Crippen molar-refractivity contribution in [3.63, 3.8) is 0 Å². The van der Waals surface area contributed by atoms with E-state index in [4.69, 9.17) is 14.2 Å². The van der Waals surface area contributed by atoms with Crippen LogP contribution in [0.4, 0.5) is 47.5 Å². The highest BCUT2D eigenvalue weighted by Gasteiger charge is 2.25. The fourth-order valence-electron chi connectivity index (χ4n) is 8.69. The summed E-state index contributed by atoms with van der Waals surface area (Å²) in [6.07, 6.45) is 1.87. The number of aromatic amines is 1. The third-order valence-corrected chi connectivity index (χ3v) is 13.4. The maximum Gasteiger partial charge on any atom is 0.348 e. The second kappa shape index (κ2) is 25.5. The number of hydrogen-bond donors (Lipinski definition) is 7. The van der Waals surface area contributed by atoms with Gasteiger partial charge >= 0.3 is 5.00 Å². The first-order valence-corrected chi connectivity index (χ1v) is 25.3. The third-order valence-electron chi connectivity index (χ3n) is 12.4. The predicted molar refractivity (Wildman–Crippen MR) is 281 cm³/mol. The number of aryl methyl sites for hydroxylation is 1. The molecule has 2 aliphatic rings. The number of halogens is 2.